The average molecular weight is 263 g/mol. The topological polar surface area (TPSA) is 34.9 Å². The van der Waals surface area contributed by atoms with E-state index in [1.165, 1.54) is 0 Å². The number of ketones is 1. The Kier molecular flexibility index (Phi) is 3.53. The minimum Gasteiger partial charge on any atom is -0.294 e. The number of hydrogen-bond acceptors (Lipinski definition) is 2. The fourth-order valence-electron chi connectivity index (χ4n) is 1.88. The van der Waals surface area contributed by atoms with Crippen LogP contribution < -0.4 is 0 Å². The first kappa shape index (κ1) is 12.8. The van der Waals surface area contributed by atoms with Crippen LogP contribution in [-0.4, -0.2) is 15.6 Å². The standard InChI is InChI=1S/C14H15ClN2O/c1-9-4-6-11(7-5-9)13(18)8-12-10(2)16-17(3)14(12)15/h4-7H,8H2,1-3H3. The van der Waals surface area contributed by atoms with Gasteiger partial charge >= 0.3 is 0 Å². The summed E-state index contributed by atoms with van der Waals surface area (Å²) in [6.07, 6.45) is 0.293. The first-order valence-electron chi connectivity index (χ1n) is 5.77. The number of halogens is 1. The second-order valence-corrected chi connectivity index (χ2v) is 4.80. The zero-order valence-electron chi connectivity index (χ0n) is 10.7. The second kappa shape index (κ2) is 4.94. The summed E-state index contributed by atoms with van der Waals surface area (Å²) in [7, 11) is 1.77. The average Bonchev–Trinajstić information content (AvgIpc) is 2.57. The van der Waals surface area contributed by atoms with Gasteiger partial charge < -0.3 is 0 Å². The van der Waals surface area contributed by atoms with Crippen LogP contribution >= 0.6 is 11.6 Å². The van der Waals surface area contributed by atoms with E-state index in [1.807, 2.05) is 38.1 Å². The number of carbonyl (C=O) groups excluding carboxylic acids is 1. The summed E-state index contributed by atoms with van der Waals surface area (Å²) in [4.78, 5) is 12.1. The molecule has 0 saturated heterocycles. The molecule has 3 nitrogen and oxygen atoms in total. The Hall–Kier alpha value is -1.61. The van der Waals surface area contributed by atoms with Crippen molar-refractivity contribution in [2.45, 2.75) is 20.3 Å². The van der Waals surface area contributed by atoms with E-state index in [4.69, 9.17) is 11.6 Å². The molecule has 0 atom stereocenters. The molecule has 0 spiro atoms. The van der Waals surface area contributed by atoms with Gasteiger partial charge in [0, 0.05) is 24.6 Å². The molecule has 2 aromatic rings. The van der Waals surface area contributed by atoms with Gasteiger partial charge in [-0.3, -0.25) is 9.48 Å². The number of hydrogen-bond donors (Lipinski definition) is 0. The molecule has 94 valence electrons. The Balaban J connectivity index is 2.24. The Morgan fingerprint density at radius 1 is 1.28 bits per heavy atom. The van der Waals surface area contributed by atoms with E-state index in [9.17, 15) is 4.79 Å². The second-order valence-electron chi connectivity index (χ2n) is 4.44. The summed E-state index contributed by atoms with van der Waals surface area (Å²) in [5, 5.41) is 4.74. The normalized spacial score (nSPS) is 10.7. The van der Waals surface area contributed by atoms with Gasteiger partial charge in [-0.2, -0.15) is 5.10 Å². The number of nitrogens with zero attached hydrogens (tertiary/aromatic N) is 2. The molecule has 0 N–H and O–H groups in total. The lowest BCUT2D eigenvalue weighted by Crippen LogP contribution is -2.04. The zero-order valence-corrected chi connectivity index (χ0v) is 11.5. The maximum Gasteiger partial charge on any atom is 0.167 e. The van der Waals surface area contributed by atoms with Crippen LogP contribution in [0.25, 0.3) is 0 Å². The summed E-state index contributed by atoms with van der Waals surface area (Å²) in [5.41, 5.74) is 3.47. The zero-order chi connectivity index (χ0) is 13.3. The van der Waals surface area contributed by atoms with Crippen LogP contribution in [0.5, 0.6) is 0 Å². The summed E-state index contributed by atoms with van der Waals surface area (Å²) in [6, 6.07) is 7.56. The molecule has 0 amide bonds. The molecular weight excluding hydrogens is 248 g/mol. The first-order valence-corrected chi connectivity index (χ1v) is 6.14. The van der Waals surface area contributed by atoms with Crippen molar-refractivity contribution in [3.05, 3.63) is 51.8 Å². The minimum absolute atomic E-state index is 0.0630. The number of aryl methyl sites for hydroxylation is 3. The fraction of sp³-hybridized carbons (Fsp3) is 0.286. The van der Waals surface area contributed by atoms with Crippen molar-refractivity contribution >= 4 is 17.4 Å². The number of aromatic nitrogens is 2. The molecule has 0 bridgehead atoms. The number of rotatable bonds is 3. The van der Waals surface area contributed by atoms with Gasteiger partial charge in [0.2, 0.25) is 0 Å². The van der Waals surface area contributed by atoms with Gasteiger partial charge in [-0.25, -0.2) is 0 Å². The van der Waals surface area contributed by atoms with Gasteiger partial charge in [0.05, 0.1) is 5.69 Å². The highest BCUT2D eigenvalue weighted by molar-refractivity contribution is 6.30. The molecule has 4 heteroatoms. The van der Waals surface area contributed by atoms with Gasteiger partial charge in [0.25, 0.3) is 0 Å². The number of carbonyl (C=O) groups is 1. The molecule has 0 fully saturated rings. The van der Waals surface area contributed by atoms with E-state index in [2.05, 4.69) is 5.10 Å². The van der Waals surface area contributed by atoms with Gasteiger partial charge in [0.1, 0.15) is 5.15 Å². The number of benzene rings is 1. The van der Waals surface area contributed by atoms with Crippen LogP contribution in [0.4, 0.5) is 0 Å². The molecule has 0 aliphatic rings. The van der Waals surface area contributed by atoms with Crippen LogP contribution in [0, 0.1) is 13.8 Å². The van der Waals surface area contributed by atoms with E-state index in [0.29, 0.717) is 17.1 Å². The molecule has 1 aromatic carbocycles. The maximum absolute atomic E-state index is 12.1. The third-order valence-electron chi connectivity index (χ3n) is 2.98. The first-order chi connectivity index (χ1) is 8.49. The predicted octanol–water partition coefficient (Wildman–Crippen LogP) is 3.12. The molecule has 0 radical (unpaired) electrons. The molecular formula is C14H15ClN2O. The highest BCUT2D eigenvalue weighted by atomic mass is 35.5. The Labute approximate surface area is 111 Å². The molecule has 18 heavy (non-hydrogen) atoms. The predicted molar refractivity (Wildman–Crippen MR) is 72.2 cm³/mol. The maximum atomic E-state index is 12.1. The summed E-state index contributed by atoms with van der Waals surface area (Å²) in [6.45, 7) is 3.86. The lowest BCUT2D eigenvalue weighted by atomic mass is 10.0. The van der Waals surface area contributed by atoms with Crippen molar-refractivity contribution < 1.29 is 4.79 Å². The summed E-state index contributed by atoms with van der Waals surface area (Å²) in [5.74, 6) is 0.0630. The van der Waals surface area contributed by atoms with Crippen molar-refractivity contribution in [1.82, 2.24) is 9.78 Å². The molecule has 0 unspecified atom stereocenters. The van der Waals surface area contributed by atoms with Crippen molar-refractivity contribution in [3.63, 3.8) is 0 Å². The molecule has 1 heterocycles. The largest absolute Gasteiger partial charge is 0.294 e. The van der Waals surface area contributed by atoms with Gasteiger partial charge in [-0.1, -0.05) is 41.4 Å². The van der Waals surface area contributed by atoms with Crippen molar-refractivity contribution in [1.29, 1.82) is 0 Å². The summed E-state index contributed by atoms with van der Waals surface area (Å²) >= 11 is 6.12. The smallest absolute Gasteiger partial charge is 0.167 e. The highest BCUT2D eigenvalue weighted by Crippen LogP contribution is 2.20. The van der Waals surface area contributed by atoms with Gasteiger partial charge in [-0.05, 0) is 13.8 Å². The highest BCUT2D eigenvalue weighted by Gasteiger charge is 2.15. The van der Waals surface area contributed by atoms with Crippen LogP contribution in [0.15, 0.2) is 24.3 Å². The molecule has 0 saturated carbocycles. The van der Waals surface area contributed by atoms with E-state index in [0.717, 1.165) is 16.8 Å². The monoisotopic (exact) mass is 262 g/mol. The van der Waals surface area contributed by atoms with Crippen LogP contribution in [-0.2, 0) is 13.5 Å². The quantitative estimate of drug-likeness (QED) is 0.797. The van der Waals surface area contributed by atoms with Crippen molar-refractivity contribution in [2.24, 2.45) is 7.05 Å². The SMILES string of the molecule is Cc1ccc(C(=O)Cc2c(C)nn(C)c2Cl)cc1. The molecule has 1 aromatic heterocycles. The lowest BCUT2D eigenvalue weighted by Gasteiger charge is -2.02. The third kappa shape index (κ3) is 2.46. The van der Waals surface area contributed by atoms with Crippen molar-refractivity contribution in [2.75, 3.05) is 0 Å². The van der Waals surface area contributed by atoms with E-state index >= 15 is 0 Å². The summed E-state index contributed by atoms with van der Waals surface area (Å²) < 4.78 is 1.59. The van der Waals surface area contributed by atoms with Crippen LogP contribution in [0.3, 0.4) is 0 Å². The van der Waals surface area contributed by atoms with E-state index in [1.54, 1.807) is 11.7 Å². The molecule has 2 rings (SSSR count). The minimum atomic E-state index is 0.0630. The van der Waals surface area contributed by atoms with E-state index in [-0.39, 0.29) is 5.78 Å². The number of Topliss-reactive ketones (excluding diaryl/α,β-unsaturated/α-hetero) is 1. The Morgan fingerprint density at radius 2 is 1.89 bits per heavy atom. The Bertz CT molecular complexity index is 585. The van der Waals surface area contributed by atoms with Crippen LogP contribution in [0.1, 0.15) is 27.2 Å². The molecule has 0 aliphatic carbocycles. The third-order valence-corrected chi connectivity index (χ3v) is 3.45. The Morgan fingerprint density at radius 3 is 2.39 bits per heavy atom. The molecule has 0 aliphatic heterocycles. The van der Waals surface area contributed by atoms with E-state index < -0.39 is 0 Å². The van der Waals surface area contributed by atoms with Crippen molar-refractivity contribution in [3.8, 4) is 0 Å². The lowest BCUT2D eigenvalue weighted by molar-refractivity contribution is 0.0993. The van der Waals surface area contributed by atoms with Crippen LogP contribution in [0.2, 0.25) is 5.15 Å². The van der Waals surface area contributed by atoms with Gasteiger partial charge in [0.15, 0.2) is 5.78 Å². The fourth-order valence-corrected chi connectivity index (χ4v) is 2.12. The van der Waals surface area contributed by atoms with Gasteiger partial charge in [-0.15, -0.1) is 0 Å².